The van der Waals surface area contributed by atoms with Crippen molar-refractivity contribution in [3.8, 4) is 0 Å². The highest BCUT2D eigenvalue weighted by atomic mass is 32.2. The highest BCUT2D eigenvalue weighted by Crippen LogP contribution is 2.29. The summed E-state index contributed by atoms with van der Waals surface area (Å²) in [5.41, 5.74) is 2.26. The molecule has 0 unspecified atom stereocenters. The molecule has 1 aromatic heterocycles. The zero-order valence-corrected chi connectivity index (χ0v) is 12.5. The minimum atomic E-state index is 0.650. The van der Waals surface area contributed by atoms with Gasteiger partial charge in [0.1, 0.15) is 5.76 Å². The zero-order chi connectivity index (χ0) is 13.0. The van der Waals surface area contributed by atoms with Crippen LogP contribution >= 0.6 is 11.8 Å². The minimum absolute atomic E-state index is 0.650. The Bertz CT molecular complexity index is 356. The Labute approximate surface area is 114 Å². The van der Waals surface area contributed by atoms with Crippen LogP contribution in [-0.2, 0) is 6.54 Å². The Morgan fingerprint density at radius 3 is 2.78 bits per heavy atom. The van der Waals surface area contributed by atoms with Crippen LogP contribution in [0.3, 0.4) is 0 Å². The van der Waals surface area contributed by atoms with Gasteiger partial charge in [0.05, 0.1) is 5.69 Å². The van der Waals surface area contributed by atoms with Crippen LogP contribution in [0.25, 0.3) is 0 Å². The molecule has 0 amide bonds. The van der Waals surface area contributed by atoms with Gasteiger partial charge in [-0.05, 0) is 32.4 Å². The van der Waals surface area contributed by atoms with Gasteiger partial charge in [-0.3, -0.25) is 0 Å². The number of nitrogens with zero attached hydrogens (tertiary/aromatic N) is 1. The van der Waals surface area contributed by atoms with Gasteiger partial charge in [0.25, 0.3) is 0 Å². The fourth-order valence-electron chi connectivity index (χ4n) is 2.73. The standard InChI is InChI=1S/C14H24N2OS/c1-4-18-14-8-6-5-7-13(14)15-9-12-10(2)16-17-11(12)3/h13-15H,4-9H2,1-3H3/t13-,14-/m1/s1. The summed E-state index contributed by atoms with van der Waals surface area (Å²) in [5, 5.41) is 8.52. The summed E-state index contributed by atoms with van der Waals surface area (Å²) in [6.45, 7) is 7.17. The van der Waals surface area contributed by atoms with E-state index in [0.717, 1.165) is 23.2 Å². The average molecular weight is 268 g/mol. The van der Waals surface area contributed by atoms with Crippen molar-refractivity contribution in [3.63, 3.8) is 0 Å². The molecule has 1 saturated carbocycles. The van der Waals surface area contributed by atoms with Crippen LogP contribution in [0.5, 0.6) is 0 Å². The van der Waals surface area contributed by atoms with Gasteiger partial charge in [-0.2, -0.15) is 11.8 Å². The van der Waals surface area contributed by atoms with E-state index in [1.807, 2.05) is 13.8 Å². The van der Waals surface area contributed by atoms with E-state index in [1.54, 1.807) is 0 Å². The van der Waals surface area contributed by atoms with Crippen molar-refractivity contribution in [3.05, 3.63) is 17.0 Å². The number of hydrogen-bond acceptors (Lipinski definition) is 4. The third-order valence-electron chi connectivity index (χ3n) is 3.81. The molecule has 0 aliphatic heterocycles. The molecule has 3 nitrogen and oxygen atoms in total. The average Bonchev–Trinajstić information content (AvgIpc) is 2.69. The lowest BCUT2D eigenvalue weighted by molar-refractivity contribution is 0.377. The van der Waals surface area contributed by atoms with Crippen molar-refractivity contribution in [2.24, 2.45) is 0 Å². The highest BCUT2D eigenvalue weighted by Gasteiger charge is 2.25. The quantitative estimate of drug-likeness (QED) is 0.887. The first-order chi connectivity index (χ1) is 8.72. The molecule has 1 aromatic rings. The van der Waals surface area contributed by atoms with Crippen molar-refractivity contribution in [1.82, 2.24) is 10.5 Å². The van der Waals surface area contributed by atoms with Gasteiger partial charge >= 0.3 is 0 Å². The third-order valence-corrected chi connectivity index (χ3v) is 5.13. The van der Waals surface area contributed by atoms with Crippen molar-refractivity contribution in [2.45, 2.75) is 64.3 Å². The van der Waals surface area contributed by atoms with Crippen LogP contribution in [0, 0.1) is 13.8 Å². The van der Waals surface area contributed by atoms with E-state index in [1.165, 1.54) is 37.0 Å². The van der Waals surface area contributed by atoms with Crippen molar-refractivity contribution >= 4 is 11.8 Å². The lowest BCUT2D eigenvalue weighted by Gasteiger charge is -2.31. The number of aromatic nitrogens is 1. The molecular formula is C14H24N2OS. The van der Waals surface area contributed by atoms with Crippen LogP contribution in [0.4, 0.5) is 0 Å². The van der Waals surface area contributed by atoms with Crippen LogP contribution in [0.1, 0.15) is 49.6 Å². The lowest BCUT2D eigenvalue weighted by atomic mass is 9.94. The Morgan fingerprint density at radius 2 is 2.11 bits per heavy atom. The molecular weight excluding hydrogens is 244 g/mol. The van der Waals surface area contributed by atoms with E-state index in [0.29, 0.717) is 6.04 Å². The molecule has 1 aliphatic carbocycles. The Kier molecular flexibility index (Phi) is 5.13. The monoisotopic (exact) mass is 268 g/mol. The van der Waals surface area contributed by atoms with Crippen LogP contribution in [0.15, 0.2) is 4.52 Å². The molecule has 0 spiro atoms. The first-order valence-corrected chi connectivity index (χ1v) is 8.04. The van der Waals surface area contributed by atoms with Gasteiger partial charge in [0, 0.05) is 23.4 Å². The zero-order valence-electron chi connectivity index (χ0n) is 11.7. The van der Waals surface area contributed by atoms with Crippen LogP contribution in [-0.4, -0.2) is 22.2 Å². The molecule has 1 heterocycles. The van der Waals surface area contributed by atoms with Crippen molar-refractivity contribution in [2.75, 3.05) is 5.75 Å². The first kappa shape index (κ1) is 13.9. The predicted molar refractivity (Wildman–Crippen MR) is 77.0 cm³/mol. The van der Waals surface area contributed by atoms with Gasteiger partial charge in [-0.25, -0.2) is 0 Å². The molecule has 0 saturated heterocycles. The second kappa shape index (κ2) is 6.62. The largest absolute Gasteiger partial charge is 0.361 e. The van der Waals surface area contributed by atoms with Crippen LogP contribution in [0.2, 0.25) is 0 Å². The maximum Gasteiger partial charge on any atom is 0.138 e. The fourth-order valence-corrected chi connectivity index (χ4v) is 3.96. The van der Waals surface area contributed by atoms with Crippen molar-refractivity contribution in [1.29, 1.82) is 0 Å². The maximum atomic E-state index is 5.21. The molecule has 4 heteroatoms. The van der Waals surface area contributed by atoms with Crippen LogP contribution < -0.4 is 5.32 Å². The smallest absolute Gasteiger partial charge is 0.138 e. The molecule has 0 aromatic carbocycles. The lowest BCUT2D eigenvalue weighted by Crippen LogP contribution is -2.40. The first-order valence-electron chi connectivity index (χ1n) is 6.99. The second-order valence-corrected chi connectivity index (χ2v) is 6.58. The molecule has 2 rings (SSSR count). The molecule has 1 fully saturated rings. The second-order valence-electron chi connectivity index (χ2n) is 5.07. The van der Waals surface area contributed by atoms with Gasteiger partial charge in [0.2, 0.25) is 0 Å². The summed E-state index contributed by atoms with van der Waals surface area (Å²) >= 11 is 2.10. The Morgan fingerprint density at radius 1 is 1.33 bits per heavy atom. The van der Waals surface area contributed by atoms with Gasteiger partial charge < -0.3 is 9.84 Å². The summed E-state index contributed by atoms with van der Waals surface area (Å²) in [7, 11) is 0. The summed E-state index contributed by atoms with van der Waals surface area (Å²) < 4.78 is 5.21. The molecule has 1 N–H and O–H groups in total. The highest BCUT2D eigenvalue weighted by molar-refractivity contribution is 7.99. The SMILES string of the molecule is CCS[C@@H]1CCCC[C@H]1NCc1c(C)noc1C. The third kappa shape index (κ3) is 3.29. The molecule has 102 valence electrons. The van der Waals surface area contributed by atoms with E-state index in [4.69, 9.17) is 4.52 Å². The topological polar surface area (TPSA) is 38.1 Å². The molecule has 18 heavy (non-hydrogen) atoms. The van der Waals surface area contributed by atoms with E-state index in [2.05, 4.69) is 29.2 Å². The molecule has 1 aliphatic rings. The minimum Gasteiger partial charge on any atom is -0.361 e. The summed E-state index contributed by atoms with van der Waals surface area (Å²) in [6.07, 6.45) is 5.42. The number of nitrogens with one attached hydrogen (secondary N) is 1. The van der Waals surface area contributed by atoms with Gasteiger partial charge in [0.15, 0.2) is 0 Å². The van der Waals surface area contributed by atoms with E-state index >= 15 is 0 Å². The summed E-state index contributed by atoms with van der Waals surface area (Å²) in [4.78, 5) is 0. The normalized spacial score (nSPS) is 24.4. The summed E-state index contributed by atoms with van der Waals surface area (Å²) in [6, 6.07) is 0.650. The molecule has 2 atom stereocenters. The Balaban J connectivity index is 1.91. The van der Waals surface area contributed by atoms with Gasteiger partial charge in [-0.1, -0.05) is 24.9 Å². The van der Waals surface area contributed by atoms with E-state index in [9.17, 15) is 0 Å². The molecule has 0 bridgehead atoms. The van der Waals surface area contributed by atoms with E-state index < -0.39 is 0 Å². The Hall–Kier alpha value is -0.480. The van der Waals surface area contributed by atoms with Crippen molar-refractivity contribution < 1.29 is 4.52 Å². The fraction of sp³-hybridized carbons (Fsp3) is 0.786. The molecule has 0 radical (unpaired) electrons. The number of thioether (sulfide) groups is 1. The number of hydrogen-bond donors (Lipinski definition) is 1. The van der Waals surface area contributed by atoms with Gasteiger partial charge in [-0.15, -0.1) is 0 Å². The number of aryl methyl sites for hydroxylation is 2. The number of rotatable bonds is 5. The predicted octanol–water partition coefficient (Wildman–Crippen LogP) is 3.45. The van der Waals surface area contributed by atoms with E-state index in [-0.39, 0.29) is 0 Å². The maximum absolute atomic E-state index is 5.21. The summed E-state index contributed by atoms with van der Waals surface area (Å²) in [5.74, 6) is 2.17.